The number of aromatic nitrogens is 1. The van der Waals surface area contributed by atoms with E-state index in [1.54, 1.807) is 12.1 Å². The molecule has 0 saturated carbocycles. The largest absolute Gasteiger partial charge is 0.486 e. The molecule has 0 atom stereocenters. The standard InChI is InChI=1S/C22H19ClN2O3/c1-15-5-7-16(8-6-15)14-25-9-3-2-4-20(25)24-22(26)17-12-18(23)21-19(13-17)27-10-11-28-21/h2-9,12-13H,10-11,14H2,1H3. The molecule has 5 nitrogen and oxygen atoms in total. The number of nitrogens with zero attached hydrogens (tertiary/aromatic N) is 2. The molecular weight excluding hydrogens is 376 g/mol. The van der Waals surface area contributed by atoms with Crippen LogP contribution in [0.5, 0.6) is 11.5 Å². The van der Waals surface area contributed by atoms with Crippen LogP contribution in [0.25, 0.3) is 0 Å². The third-order valence-corrected chi connectivity index (χ3v) is 4.73. The Morgan fingerprint density at radius 1 is 1.11 bits per heavy atom. The summed E-state index contributed by atoms with van der Waals surface area (Å²) in [5.74, 6) is 0.555. The molecule has 6 heteroatoms. The van der Waals surface area contributed by atoms with Crippen LogP contribution in [0.4, 0.5) is 0 Å². The Bertz CT molecular complexity index is 1090. The first-order valence-corrected chi connectivity index (χ1v) is 9.37. The monoisotopic (exact) mass is 394 g/mol. The Labute approximate surface area is 167 Å². The molecule has 28 heavy (non-hydrogen) atoms. The smallest absolute Gasteiger partial charge is 0.279 e. The van der Waals surface area contributed by atoms with E-state index in [1.165, 1.54) is 5.56 Å². The van der Waals surface area contributed by atoms with Crippen LogP contribution in [-0.4, -0.2) is 23.7 Å². The molecule has 0 saturated heterocycles. The van der Waals surface area contributed by atoms with Crippen LogP contribution in [0.1, 0.15) is 21.5 Å². The van der Waals surface area contributed by atoms with Crippen LogP contribution in [0, 0.1) is 6.92 Å². The number of rotatable bonds is 3. The van der Waals surface area contributed by atoms with Gasteiger partial charge in [0.15, 0.2) is 11.5 Å². The number of hydrogen-bond donors (Lipinski definition) is 0. The maximum atomic E-state index is 12.8. The topological polar surface area (TPSA) is 52.8 Å². The predicted molar refractivity (Wildman–Crippen MR) is 107 cm³/mol. The highest BCUT2D eigenvalue weighted by molar-refractivity contribution is 6.32. The van der Waals surface area contributed by atoms with Gasteiger partial charge in [0.25, 0.3) is 5.91 Å². The number of fused-ring (bicyclic) bond motifs is 1. The molecule has 1 aliphatic rings. The van der Waals surface area contributed by atoms with Crippen molar-refractivity contribution >= 4 is 17.5 Å². The van der Waals surface area contributed by atoms with Crippen LogP contribution >= 0.6 is 11.6 Å². The number of pyridine rings is 1. The van der Waals surface area contributed by atoms with Crippen LogP contribution in [0.2, 0.25) is 5.02 Å². The van der Waals surface area contributed by atoms with E-state index in [-0.39, 0.29) is 5.91 Å². The Kier molecular flexibility index (Phi) is 5.17. The third kappa shape index (κ3) is 3.94. The molecule has 142 valence electrons. The van der Waals surface area contributed by atoms with Crippen molar-refractivity contribution in [3.8, 4) is 11.5 Å². The van der Waals surface area contributed by atoms with Crippen LogP contribution in [0.3, 0.4) is 0 Å². The fourth-order valence-corrected chi connectivity index (χ4v) is 3.26. The Hall–Kier alpha value is -3.05. The Morgan fingerprint density at radius 3 is 2.71 bits per heavy atom. The minimum Gasteiger partial charge on any atom is -0.486 e. The van der Waals surface area contributed by atoms with Gasteiger partial charge in [-0.1, -0.05) is 47.5 Å². The molecule has 2 heterocycles. The van der Waals surface area contributed by atoms with Crippen molar-refractivity contribution in [1.82, 2.24) is 4.57 Å². The van der Waals surface area contributed by atoms with Crippen molar-refractivity contribution in [3.63, 3.8) is 0 Å². The summed E-state index contributed by atoms with van der Waals surface area (Å²) >= 11 is 6.24. The summed E-state index contributed by atoms with van der Waals surface area (Å²) in [6.07, 6.45) is 1.91. The van der Waals surface area contributed by atoms with E-state index >= 15 is 0 Å². The summed E-state index contributed by atoms with van der Waals surface area (Å²) < 4.78 is 13.0. The van der Waals surface area contributed by atoms with Gasteiger partial charge in [-0.25, -0.2) is 0 Å². The molecule has 0 N–H and O–H groups in total. The molecule has 4 rings (SSSR count). The minimum absolute atomic E-state index is 0.344. The maximum absolute atomic E-state index is 12.8. The minimum atomic E-state index is -0.386. The molecule has 3 aromatic rings. The van der Waals surface area contributed by atoms with Gasteiger partial charge >= 0.3 is 0 Å². The first-order valence-electron chi connectivity index (χ1n) is 8.99. The molecule has 0 radical (unpaired) electrons. The highest BCUT2D eigenvalue weighted by Crippen LogP contribution is 2.38. The van der Waals surface area contributed by atoms with Gasteiger partial charge in [-0.3, -0.25) is 4.79 Å². The lowest BCUT2D eigenvalue weighted by Crippen LogP contribution is -2.22. The highest BCUT2D eigenvalue weighted by atomic mass is 35.5. The van der Waals surface area contributed by atoms with E-state index in [9.17, 15) is 4.79 Å². The fourth-order valence-electron chi connectivity index (χ4n) is 3.00. The molecule has 0 unspecified atom stereocenters. The zero-order valence-corrected chi connectivity index (χ0v) is 16.1. The first kappa shape index (κ1) is 18.3. The van der Waals surface area contributed by atoms with Crippen LogP contribution in [-0.2, 0) is 6.54 Å². The van der Waals surface area contributed by atoms with Gasteiger partial charge in [-0.2, -0.15) is 4.99 Å². The fraction of sp³-hybridized carbons (Fsp3) is 0.182. The SMILES string of the molecule is Cc1ccc(Cn2ccccc2=NC(=O)c2cc(Cl)c3c(c2)OCCO3)cc1. The predicted octanol–water partition coefficient (Wildman–Crippen LogP) is 4.01. The molecule has 0 aliphatic carbocycles. The number of halogens is 1. The van der Waals surface area contributed by atoms with E-state index in [0.717, 1.165) is 5.56 Å². The molecule has 0 spiro atoms. The van der Waals surface area contributed by atoms with Gasteiger partial charge in [0, 0.05) is 18.3 Å². The third-order valence-electron chi connectivity index (χ3n) is 4.45. The second-order valence-corrected chi connectivity index (χ2v) is 6.98. The van der Waals surface area contributed by atoms with Gasteiger partial charge < -0.3 is 14.0 Å². The van der Waals surface area contributed by atoms with E-state index in [2.05, 4.69) is 36.2 Å². The average Bonchev–Trinajstić information content (AvgIpc) is 2.71. The van der Waals surface area contributed by atoms with Crippen molar-refractivity contribution in [2.24, 2.45) is 4.99 Å². The summed E-state index contributed by atoms with van der Waals surface area (Å²) in [6, 6.07) is 17.0. The Balaban J connectivity index is 1.67. The number of amides is 1. The average molecular weight is 395 g/mol. The number of aryl methyl sites for hydroxylation is 1. The number of carbonyl (C=O) groups is 1. The number of benzene rings is 2. The van der Waals surface area contributed by atoms with E-state index in [0.29, 0.717) is 47.3 Å². The van der Waals surface area contributed by atoms with Gasteiger partial charge in [0.1, 0.15) is 18.7 Å². The summed E-state index contributed by atoms with van der Waals surface area (Å²) in [5.41, 5.74) is 3.27. The quantitative estimate of drug-likeness (QED) is 0.674. The number of carbonyl (C=O) groups excluding carboxylic acids is 1. The van der Waals surface area contributed by atoms with Crippen LogP contribution < -0.4 is 15.0 Å². The lowest BCUT2D eigenvalue weighted by Gasteiger charge is -2.19. The van der Waals surface area contributed by atoms with Gasteiger partial charge in [-0.05, 0) is 36.8 Å². The highest BCUT2D eigenvalue weighted by Gasteiger charge is 2.19. The molecule has 1 aliphatic heterocycles. The molecule has 1 amide bonds. The van der Waals surface area contributed by atoms with E-state index < -0.39 is 0 Å². The van der Waals surface area contributed by atoms with Gasteiger partial charge in [-0.15, -0.1) is 0 Å². The Morgan fingerprint density at radius 2 is 1.89 bits per heavy atom. The lowest BCUT2D eigenvalue weighted by molar-refractivity contribution is 0.0996. The van der Waals surface area contributed by atoms with Gasteiger partial charge in [0.2, 0.25) is 0 Å². The van der Waals surface area contributed by atoms with Crippen molar-refractivity contribution < 1.29 is 14.3 Å². The number of hydrogen-bond acceptors (Lipinski definition) is 3. The molecule has 2 aromatic carbocycles. The van der Waals surface area contributed by atoms with E-state index in [4.69, 9.17) is 21.1 Å². The van der Waals surface area contributed by atoms with Gasteiger partial charge in [0.05, 0.1) is 5.02 Å². The summed E-state index contributed by atoms with van der Waals surface area (Å²) in [7, 11) is 0. The molecular formula is C22H19ClN2O3. The second-order valence-electron chi connectivity index (χ2n) is 6.57. The zero-order chi connectivity index (χ0) is 19.5. The summed E-state index contributed by atoms with van der Waals surface area (Å²) in [4.78, 5) is 17.1. The summed E-state index contributed by atoms with van der Waals surface area (Å²) in [5, 5.41) is 0.344. The maximum Gasteiger partial charge on any atom is 0.279 e. The first-order chi connectivity index (χ1) is 13.6. The lowest BCUT2D eigenvalue weighted by atomic mass is 10.1. The summed E-state index contributed by atoms with van der Waals surface area (Å²) in [6.45, 7) is 3.53. The second kappa shape index (κ2) is 7.90. The molecule has 1 aromatic heterocycles. The normalized spacial score (nSPS) is 13.4. The van der Waals surface area contributed by atoms with E-state index in [1.807, 2.05) is 29.0 Å². The molecule has 0 fully saturated rings. The van der Waals surface area contributed by atoms with Crippen molar-refractivity contribution in [3.05, 3.63) is 88.0 Å². The molecule has 0 bridgehead atoms. The van der Waals surface area contributed by atoms with Crippen molar-refractivity contribution in [2.45, 2.75) is 13.5 Å². The van der Waals surface area contributed by atoms with Crippen molar-refractivity contribution in [1.29, 1.82) is 0 Å². The number of ether oxygens (including phenoxy) is 2. The van der Waals surface area contributed by atoms with Crippen molar-refractivity contribution in [2.75, 3.05) is 13.2 Å². The van der Waals surface area contributed by atoms with Crippen LogP contribution in [0.15, 0.2) is 65.8 Å². The zero-order valence-electron chi connectivity index (χ0n) is 15.4.